The van der Waals surface area contributed by atoms with E-state index in [4.69, 9.17) is 4.42 Å². The topological polar surface area (TPSA) is 27.9 Å². The molecule has 0 amide bonds. The zero-order chi connectivity index (χ0) is 42.5. The Kier molecular flexibility index (Phi) is 8.11. The van der Waals surface area contributed by atoms with Crippen molar-refractivity contribution in [1.29, 1.82) is 0 Å². The van der Waals surface area contributed by atoms with E-state index in [0.717, 1.165) is 60.6 Å². The highest BCUT2D eigenvalue weighted by Crippen LogP contribution is 2.46. The molecule has 0 bridgehead atoms. The first-order valence-corrected chi connectivity index (χ1v) is 22.6. The van der Waals surface area contributed by atoms with Crippen LogP contribution in [0.2, 0.25) is 0 Å². The Morgan fingerprint density at radius 3 is 1.28 bits per heavy atom. The average Bonchev–Trinajstić information content (AvgIpc) is 4.15. The number of nitrogens with zero attached hydrogens (tertiary/aromatic N) is 3. The molecule has 0 saturated carbocycles. The molecule has 0 radical (unpaired) electrons. The van der Waals surface area contributed by atoms with Gasteiger partial charge >= 0.3 is 0 Å². The van der Waals surface area contributed by atoms with Gasteiger partial charge < -0.3 is 18.1 Å². The normalized spacial score (nSPS) is 12.1. The van der Waals surface area contributed by atoms with Crippen LogP contribution in [0.15, 0.2) is 217 Å². The van der Waals surface area contributed by atoms with Crippen LogP contribution in [0.5, 0.6) is 0 Å². The SMILES string of the molecule is C=C/C=C\C.c1ccc(-n2c3ccccc3c3c4oc5c(ccc6c5c5ccccc5n6-c5ccc6sc7ccc(-n8c9ccccc9c9ccccc98)cc7c6c5)c4ccc32)cc1. The molecule has 5 aromatic heterocycles. The summed E-state index contributed by atoms with van der Waals surface area (Å²) in [6.07, 6.45) is 5.58. The molecule has 14 aromatic rings. The summed E-state index contributed by atoms with van der Waals surface area (Å²) >= 11 is 1.86. The molecule has 302 valence electrons. The number of thiophene rings is 1. The molecule has 5 heteroatoms. The third-order valence-electron chi connectivity index (χ3n) is 13.0. The van der Waals surface area contributed by atoms with Gasteiger partial charge in [-0.05, 0) is 104 Å². The van der Waals surface area contributed by atoms with Crippen LogP contribution in [0, 0.1) is 0 Å². The number of aromatic nitrogens is 3. The van der Waals surface area contributed by atoms with E-state index < -0.39 is 0 Å². The summed E-state index contributed by atoms with van der Waals surface area (Å²) in [5.41, 5.74) is 12.3. The molecule has 0 unspecified atom stereocenters. The molecule has 0 saturated heterocycles. The lowest BCUT2D eigenvalue weighted by Crippen LogP contribution is -1.94. The largest absolute Gasteiger partial charge is 0.455 e. The zero-order valence-electron chi connectivity index (χ0n) is 35.0. The van der Waals surface area contributed by atoms with Gasteiger partial charge in [0, 0.05) is 69.6 Å². The molecule has 0 spiro atoms. The van der Waals surface area contributed by atoms with Crippen molar-refractivity contribution in [3.05, 3.63) is 213 Å². The van der Waals surface area contributed by atoms with Crippen LogP contribution in [-0.4, -0.2) is 13.7 Å². The fraction of sp³-hybridized carbons (Fsp3) is 0.0169. The Bertz CT molecular complexity index is 4170. The van der Waals surface area contributed by atoms with Crippen LogP contribution in [-0.2, 0) is 0 Å². The number of furan rings is 1. The standard InChI is InChI=1S/C54H31N3OS.C5H8/c1-2-12-32(13-3-1)55-45-20-10-6-16-39(45)51-47(55)26-24-37-38-25-27-48-52(54(38)58-53(37)51)40-17-7-11-21-46(40)57(48)34-23-29-50-42(31-34)41-30-33(22-28-49(41)59-50)56-43-18-8-4-14-35(43)36-15-5-9-19-44(36)56;1-3-5-4-2/h1-31H;3-5H,1H2,2H3/b;5-4-. The first kappa shape index (κ1) is 36.5. The third-order valence-corrected chi connectivity index (χ3v) is 14.1. The minimum atomic E-state index is 0.925. The summed E-state index contributed by atoms with van der Waals surface area (Å²) in [5, 5.41) is 12.0. The number of para-hydroxylation sites is 5. The maximum Gasteiger partial charge on any atom is 0.145 e. The minimum absolute atomic E-state index is 0.925. The van der Waals surface area contributed by atoms with Gasteiger partial charge in [0.05, 0.1) is 43.9 Å². The zero-order valence-corrected chi connectivity index (χ0v) is 35.8. The summed E-state index contributed by atoms with van der Waals surface area (Å²) in [5.74, 6) is 0. The van der Waals surface area contributed by atoms with Gasteiger partial charge in [-0.25, -0.2) is 0 Å². The molecule has 0 aliphatic heterocycles. The monoisotopic (exact) mass is 837 g/mol. The Labute approximate surface area is 372 Å². The van der Waals surface area contributed by atoms with Crippen LogP contribution in [0.1, 0.15) is 6.92 Å². The van der Waals surface area contributed by atoms with Crippen molar-refractivity contribution in [3.63, 3.8) is 0 Å². The van der Waals surface area contributed by atoms with E-state index in [1.165, 1.54) is 64.0 Å². The van der Waals surface area contributed by atoms with Crippen LogP contribution in [0.4, 0.5) is 0 Å². The maximum atomic E-state index is 7.19. The summed E-state index contributed by atoms with van der Waals surface area (Å²) in [6, 6.07) is 68.5. The summed E-state index contributed by atoms with van der Waals surface area (Å²) < 4.78 is 16.9. The third kappa shape index (κ3) is 5.22. The second-order valence-electron chi connectivity index (χ2n) is 16.4. The Balaban J connectivity index is 0.000000785. The van der Waals surface area contributed by atoms with E-state index in [9.17, 15) is 0 Å². The molecule has 0 fully saturated rings. The van der Waals surface area contributed by atoms with Crippen molar-refractivity contribution in [1.82, 2.24) is 13.7 Å². The smallest absolute Gasteiger partial charge is 0.145 e. The summed E-state index contributed by atoms with van der Waals surface area (Å²) in [6.45, 7) is 5.42. The lowest BCUT2D eigenvalue weighted by Gasteiger charge is -2.09. The highest BCUT2D eigenvalue weighted by molar-refractivity contribution is 7.25. The average molecular weight is 838 g/mol. The van der Waals surface area contributed by atoms with E-state index in [-0.39, 0.29) is 0 Å². The number of benzene rings is 9. The number of hydrogen-bond donors (Lipinski definition) is 0. The summed E-state index contributed by atoms with van der Waals surface area (Å²) in [4.78, 5) is 0. The van der Waals surface area contributed by atoms with Crippen molar-refractivity contribution in [2.75, 3.05) is 0 Å². The van der Waals surface area contributed by atoms with Gasteiger partial charge in [-0.3, -0.25) is 0 Å². The van der Waals surface area contributed by atoms with Gasteiger partial charge in [0.25, 0.3) is 0 Å². The fourth-order valence-electron chi connectivity index (χ4n) is 10.3. The quantitative estimate of drug-likeness (QED) is 0.162. The Hall–Kier alpha value is -8.12. The van der Waals surface area contributed by atoms with Crippen molar-refractivity contribution < 1.29 is 4.42 Å². The number of fused-ring (bicyclic) bond motifs is 17. The van der Waals surface area contributed by atoms with E-state index in [1.54, 1.807) is 6.08 Å². The molecule has 0 aliphatic rings. The number of rotatable bonds is 4. The number of allylic oxidation sites excluding steroid dienone is 3. The van der Waals surface area contributed by atoms with Crippen molar-refractivity contribution in [2.24, 2.45) is 0 Å². The summed E-state index contributed by atoms with van der Waals surface area (Å²) in [7, 11) is 0. The molecular weight excluding hydrogens is 799 g/mol. The molecule has 0 aliphatic carbocycles. The highest BCUT2D eigenvalue weighted by atomic mass is 32.1. The fourth-order valence-corrected chi connectivity index (χ4v) is 11.4. The predicted octanol–water partition coefficient (Wildman–Crippen LogP) is 17.0. The predicted molar refractivity (Wildman–Crippen MR) is 275 cm³/mol. The van der Waals surface area contributed by atoms with Crippen molar-refractivity contribution in [2.45, 2.75) is 6.92 Å². The van der Waals surface area contributed by atoms with E-state index in [1.807, 2.05) is 30.4 Å². The Morgan fingerprint density at radius 2 is 0.812 bits per heavy atom. The lowest BCUT2D eigenvalue weighted by molar-refractivity contribution is 0.677. The first-order valence-electron chi connectivity index (χ1n) is 21.7. The molecule has 4 nitrogen and oxygen atoms in total. The molecular formula is C59H39N3OS. The van der Waals surface area contributed by atoms with Crippen LogP contribution in [0.25, 0.3) is 125 Å². The van der Waals surface area contributed by atoms with Gasteiger partial charge in [0.2, 0.25) is 0 Å². The minimum Gasteiger partial charge on any atom is -0.455 e. The maximum absolute atomic E-state index is 7.19. The second kappa shape index (κ2) is 14.2. The molecule has 0 atom stereocenters. The van der Waals surface area contributed by atoms with Crippen molar-refractivity contribution in [3.8, 4) is 17.1 Å². The van der Waals surface area contributed by atoms with Crippen molar-refractivity contribution >= 4 is 119 Å². The van der Waals surface area contributed by atoms with Gasteiger partial charge in [-0.2, -0.15) is 0 Å². The molecule has 14 rings (SSSR count). The molecule has 5 heterocycles. The van der Waals surface area contributed by atoms with Gasteiger partial charge in [-0.15, -0.1) is 11.3 Å². The van der Waals surface area contributed by atoms with Gasteiger partial charge in [-0.1, -0.05) is 116 Å². The Morgan fingerprint density at radius 1 is 0.391 bits per heavy atom. The first-order chi connectivity index (χ1) is 31.7. The number of hydrogen-bond acceptors (Lipinski definition) is 2. The molecule has 0 N–H and O–H groups in total. The van der Waals surface area contributed by atoms with E-state index in [0.29, 0.717) is 0 Å². The lowest BCUT2D eigenvalue weighted by atomic mass is 10.1. The van der Waals surface area contributed by atoms with E-state index in [2.05, 4.69) is 208 Å². The van der Waals surface area contributed by atoms with Crippen LogP contribution in [0.3, 0.4) is 0 Å². The van der Waals surface area contributed by atoms with E-state index >= 15 is 0 Å². The highest BCUT2D eigenvalue weighted by Gasteiger charge is 2.23. The molecule has 9 aromatic carbocycles. The molecule has 64 heavy (non-hydrogen) atoms. The van der Waals surface area contributed by atoms with Gasteiger partial charge in [0.15, 0.2) is 0 Å². The second-order valence-corrected chi connectivity index (χ2v) is 17.5. The van der Waals surface area contributed by atoms with Crippen LogP contribution >= 0.6 is 11.3 Å². The van der Waals surface area contributed by atoms with Crippen LogP contribution < -0.4 is 0 Å². The van der Waals surface area contributed by atoms with Gasteiger partial charge in [0.1, 0.15) is 11.2 Å².